The van der Waals surface area contributed by atoms with Crippen LogP contribution in [0.3, 0.4) is 0 Å². The molecule has 2 nitrogen and oxygen atoms in total. The average molecular weight is 241 g/mol. The van der Waals surface area contributed by atoms with E-state index in [1.165, 1.54) is 19.3 Å². The molecule has 2 heteroatoms. The fraction of sp³-hybridized carbons (Fsp3) is 0.500. The number of ketones is 1. The van der Waals surface area contributed by atoms with Crippen LogP contribution in [0.5, 0.6) is 0 Å². The largest absolute Gasteiger partial charge is 0.298 e. The highest BCUT2D eigenvalue weighted by molar-refractivity contribution is 5.88. The van der Waals surface area contributed by atoms with Gasteiger partial charge in [-0.2, -0.15) is 5.26 Å². The van der Waals surface area contributed by atoms with Gasteiger partial charge in [-0.1, -0.05) is 62.4 Å². The topological polar surface area (TPSA) is 40.9 Å². The molecule has 18 heavy (non-hydrogen) atoms. The zero-order chi connectivity index (χ0) is 12.8. The van der Waals surface area contributed by atoms with E-state index in [4.69, 9.17) is 0 Å². The van der Waals surface area contributed by atoms with E-state index < -0.39 is 5.92 Å². The summed E-state index contributed by atoms with van der Waals surface area (Å²) < 4.78 is 0. The number of nitriles is 1. The van der Waals surface area contributed by atoms with Gasteiger partial charge in [0.05, 0.1) is 6.07 Å². The Balaban J connectivity index is 2.00. The number of hydrogen-bond acceptors (Lipinski definition) is 2. The Bertz CT molecular complexity index is 426. The van der Waals surface area contributed by atoms with Crippen molar-refractivity contribution < 1.29 is 4.79 Å². The van der Waals surface area contributed by atoms with Gasteiger partial charge in [-0.25, -0.2) is 0 Å². The van der Waals surface area contributed by atoms with Crippen molar-refractivity contribution in [1.29, 1.82) is 5.26 Å². The first-order chi connectivity index (χ1) is 8.81. The molecule has 1 saturated carbocycles. The summed E-state index contributed by atoms with van der Waals surface area (Å²) in [5.41, 5.74) is 0.834. The maximum absolute atomic E-state index is 12.2. The third kappa shape index (κ3) is 3.20. The van der Waals surface area contributed by atoms with E-state index in [0.29, 0.717) is 12.3 Å². The standard InChI is InChI=1S/C16H19NO/c17-12-15(14-9-5-2-6-10-14)16(18)11-13-7-3-1-4-8-13/h2,5-6,9-10,13,15H,1,3-4,7-8,11H2. The third-order valence-electron chi connectivity index (χ3n) is 3.80. The molecule has 0 saturated heterocycles. The van der Waals surface area contributed by atoms with Gasteiger partial charge in [-0.15, -0.1) is 0 Å². The van der Waals surface area contributed by atoms with Crippen LogP contribution in [-0.4, -0.2) is 5.78 Å². The summed E-state index contributed by atoms with van der Waals surface area (Å²) in [7, 11) is 0. The SMILES string of the molecule is N#CC(C(=O)CC1CCCCC1)c1ccccc1. The monoisotopic (exact) mass is 241 g/mol. The number of hydrogen-bond donors (Lipinski definition) is 0. The molecule has 0 aromatic heterocycles. The second-order valence-electron chi connectivity index (χ2n) is 5.15. The van der Waals surface area contributed by atoms with Crippen LogP contribution in [0.25, 0.3) is 0 Å². The van der Waals surface area contributed by atoms with Crippen LogP contribution in [0, 0.1) is 17.2 Å². The highest BCUT2D eigenvalue weighted by Crippen LogP contribution is 2.29. The quantitative estimate of drug-likeness (QED) is 0.803. The van der Waals surface area contributed by atoms with Crippen molar-refractivity contribution in [2.24, 2.45) is 5.92 Å². The van der Waals surface area contributed by atoms with Gasteiger partial charge in [0.25, 0.3) is 0 Å². The molecule has 1 aliphatic carbocycles. The predicted molar refractivity (Wildman–Crippen MR) is 71.0 cm³/mol. The summed E-state index contributed by atoms with van der Waals surface area (Å²) in [5.74, 6) is 0.0227. The second kappa shape index (κ2) is 6.35. The summed E-state index contributed by atoms with van der Waals surface area (Å²) >= 11 is 0. The van der Waals surface area contributed by atoms with Crippen LogP contribution < -0.4 is 0 Å². The van der Waals surface area contributed by atoms with Gasteiger partial charge in [0.2, 0.25) is 0 Å². The first kappa shape index (κ1) is 12.8. The van der Waals surface area contributed by atoms with E-state index >= 15 is 0 Å². The molecule has 0 spiro atoms. The minimum absolute atomic E-state index is 0.0931. The van der Waals surface area contributed by atoms with Gasteiger partial charge in [0.15, 0.2) is 5.78 Å². The summed E-state index contributed by atoms with van der Waals surface area (Å²) in [5, 5.41) is 9.21. The normalized spacial score (nSPS) is 17.9. The Labute approximate surface area is 109 Å². The molecule has 0 heterocycles. The van der Waals surface area contributed by atoms with Crippen molar-refractivity contribution in [3.63, 3.8) is 0 Å². The van der Waals surface area contributed by atoms with Crippen LogP contribution in [-0.2, 0) is 4.79 Å². The van der Waals surface area contributed by atoms with Crippen molar-refractivity contribution in [3.05, 3.63) is 35.9 Å². The molecule has 0 aliphatic heterocycles. The van der Waals surface area contributed by atoms with Gasteiger partial charge in [-0.3, -0.25) is 4.79 Å². The van der Waals surface area contributed by atoms with Crippen molar-refractivity contribution in [2.45, 2.75) is 44.4 Å². The fourth-order valence-corrected chi connectivity index (χ4v) is 2.77. The first-order valence-corrected chi connectivity index (χ1v) is 6.78. The zero-order valence-corrected chi connectivity index (χ0v) is 10.6. The smallest absolute Gasteiger partial charge is 0.154 e. The van der Waals surface area contributed by atoms with Gasteiger partial charge in [0.1, 0.15) is 5.92 Å². The molecule has 0 amide bonds. The van der Waals surface area contributed by atoms with Crippen LogP contribution in [0.15, 0.2) is 30.3 Å². The molecule has 1 aliphatic rings. The summed E-state index contributed by atoms with van der Waals surface area (Å²) in [6.07, 6.45) is 6.65. The lowest BCUT2D eigenvalue weighted by Gasteiger charge is -2.21. The number of carbonyl (C=O) groups is 1. The van der Waals surface area contributed by atoms with Gasteiger partial charge >= 0.3 is 0 Å². The van der Waals surface area contributed by atoms with Crippen LogP contribution in [0.2, 0.25) is 0 Å². The number of Topliss-reactive ketones (excluding diaryl/α,β-unsaturated/α-hetero) is 1. The fourth-order valence-electron chi connectivity index (χ4n) is 2.77. The molecule has 2 rings (SSSR count). The highest BCUT2D eigenvalue weighted by Gasteiger charge is 2.24. The number of benzene rings is 1. The molecule has 0 bridgehead atoms. The second-order valence-corrected chi connectivity index (χ2v) is 5.15. The van der Waals surface area contributed by atoms with Crippen molar-refractivity contribution in [2.75, 3.05) is 0 Å². The van der Waals surface area contributed by atoms with Gasteiger partial charge in [-0.05, 0) is 11.5 Å². The summed E-state index contributed by atoms with van der Waals surface area (Å²) in [6, 6.07) is 11.6. The molecular weight excluding hydrogens is 222 g/mol. The number of rotatable bonds is 4. The molecular formula is C16H19NO. The number of carbonyl (C=O) groups excluding carboxylic acids is 1. The highest BCUT2D eigenvalue weighted by atomic mass is 16.1. The average Bonchev–Trinajstić information content (AvgIpc) is 2.42. The van der Waals surface area contributed by atoms with E-state index in [2.05, 4.69) is 6.07 Å². The van der Waals surface area contributed by atoms with Gasteiger partial charge in [0, 0.05) is 6.42 Å². The molecule has 1 fully saturated rings. The minimum Gasteiger partial charge on any atom is -0.298 e. The molecule has 1 atom stereocenters. The lowest BCUT2D eigenvalue weighted by Crippen LogP contribution is -2.17. The molecule has 1 aromatic rings. The Morgan fingerprint density at radius 1 is 1.22 bits per heavy atom. The van der Waals surface area contributed by atoms with Crippen LogP contribution >= 0.6 is 0 Å². The molecule has 0 radical (unpaired) electrons. The van der Waals surface area contributed by atoms with E-state index in [1.807, 2.05) is 30.3 Å². The Morgan fingerprint density at radius 2 is 1.89 bits per heavy atom. The summed E-state index contributed by atoms with van der Waals surface area (Å²) in [4.78, 5) is 12.2. The van der Waals surface area contributed by atoms with Crippen LogP contribution in [0.4, 0.5) is 0 Å². The van der Waals surface area contributed by atoms with E-state index in [9.17, 15) is 10.1 Å². The molecule has 0 N–H and O–H groups in total. The first-order valence-electron chi connectivity index (χ1n) is 6.78. The predicted octanol–water partition coefficient (Wildman–Crippen LogP) is 3.83. The maximum atomic E-state index is 12.2. The molecule has 94 valence electrons. The number of nitrogens with zero attached hydrogens (tertiary/aromatic N) is 1. The Morgan fingerprint density at radius 3 is 2.50 bits per heavy atom. The van der Waals surface area contributed by atoms with Crippen molar-refractivity contribution >= 4 is 5.78 Å². The van der Waals surface area contributed by atoms with E-state index in [0.717, 1.165) is 18.4 Å². The van der Waals surface area contributed by atoms with E-state index in [1.54, 1.807) is 0 Å². The molecule has 1 unspecified atom stereocenters. The van der Waals surface area contributed by atoms with Crippen LogP contribution in [0.1, 0.15) is 50.0 Å². The molecule has 1 aromatic carbocycles. The van der Waals surface area contributed by atoms with E-state index in [-0.39, 0.29) is 5.78 Å². The zero-order valence-electron chi connectivity index (χ0n) is 10.6. The third-order valence-corrected chi connectivity index (χ3v) is 3.80. The lowest BCUT2D eigenvalue weighted by molar-refractivity contribution is -0.120. The lowest BCUT2D eigenvalue weighted by atomic mass is 9.82. The Hall–Kier alpha value is -1.62. The van der Waals surface area contributed by atoms with Crippen molar-refractivity contribution in [3.8, 4) is 6.07 Å². The summed E-state index contributed by atoms with van der Waals surface area (Å²) in [6.45, 7) is 0. The van der Waals surface area contributed by atoms with Crippen molar-refractivity contribution in [1.82, 2.24) is 0 Å². The Kier molecular flexibility index (Phi) is 4.52. The maximum Gasteiger partial charge on any atom is 0.154 e. The van der Waals surface area contributed by atoms with Gasteiger partial charge < -0.3 is 0 Å². The minimum atomic E-state index is -0.576.